The van der Waals surface area contributed by atoms with E-state index >= 15 is 0 Å². The number of carbonyl (C=O) groups is 3. The lowest BCUT2D eigenvalue weighted by Gasteiger charge is -2.27. The van der Waals surface area contributed by atoms with E-state index in [0.29, 0.717) is 6.42 Å². The number of carbonyl (C=O) groups excluding carboxylic acids is 3. The van der Waals surface area contributed by atoms with Crippen LogP contribution in [0.25, 0.3) is 0 Å². The van der Waals surface area contributed by atoms with Crippen molar-refractivity contribution in [2.45, 2.75) is 58.8 Å². The largest absolute Gasteiger partial charge is 0.445 e. The van der Waals surface area contributed by atoms with Crippen molar-refractivity contribution < 1.29 is 19.1 Å². The van der Waals surface area contributed by atoms with E-state index in [1.807, 2.05) is 70.2 Å². The predicted octanol–water partition coefficient (Wildman–Crippen LogP) is 3.46. The van der Waals surface area contributed by atoms with Gasteiger partial charge in [0.25, 0.3) is 5.91 Å². The zero-order valence-corrected chi connectivity index (χ0v) is 20.0. The fraction of sp³-hybridized carbons (Fsp3) is 0.346. The highest BCUT2D eigenvalue weighted by Gasteiger charge is 2.26. The van der Waals surface area contributed by atoms with Gasteiger partial charge in [-0.25, -0.2) is 4.79 Å². The number of rotatable bonds is 8. The molecule has 8 nitrogen and oxygen atoms in total. The first kappa shape index (κ1) is 24.8. The zero-order valence-electron chi connectivity index (χ0n) is 20.0. The Morgan fingerprint density at radius 1 is 1.09 bits per heavy atom. The molecule has 0 aromatic heterocycles. The molecule has 180 valence electrons. The molecule has 0 saturated carbocycles. The molecular formula is C26H32N4O4. The first-order valence-corrected chi connectivity index (χ1v) is 11.3. The van der Waals surface area contributed by atoms with Crippen molar-refractivity contribution in [3.8, 4) is 0 Å². The van der Waals surface area contributed by atoms with E-state index in [9.17, 15) is 14.4 Å². The normalized spacial score (nSPS) is 15.5. The van der Waals surface area contributed by atoms with Crippen LogP contribution in [0.5, 0.6) is 0 Å². The van der Waals surface area contributed by atoms with Gasteiger partial charge in [0.1, 0.15) is 18.5 Å². The van der Waals surface area contributed by atoms with Crippen LogP contribution in [0.2, 0.25) is 0 Å². The molecule has 0 spiro atoms. The Morgan fingerprint density at radius 2 is 1.82 bits per heavy atom. The van der Waals surface area contributed by atoms with E-state index in [-0.39, 0.29) is 36.7 Å². The third kappa shape index (κ3) is 7.10. The van der Waals surface area contributed by atoms with Crippen LogP contribution in [0, 0.1) is 13.8 Å². The van der Waals surface area contributed by atoms with Gasteiger partial charge in [-0.1, -0.05) is 54.1 Å². The second kappa shape index (κ2) is 10.9. The molecule has 34 heavy (non-hydrogen) atoms. The van der Waals surface area contributed by atoms with Gasteiger partial charge in [0, 0.05) is 18.2 Å². The molecule has 1 atom stereocenters. The van der Waals surface area contributed by atoms with Crippen LogP contribution in [0.15, 0.2) is 60.4 Å². The van der Waals surface area contributed by atoms with Crippen LogP contribution in [-0.2, 0) is 20.9 Å². The number of ether oxygens (including phenoxy) is 1. The van der Waals surface area contributed by atoms with E-state index in [1.54, 1.807) is 0 Å². The van der Waals surface area contributed by atoms with Crippen LogP contribution in [0.1, 0.15) is 55.1 Å². The average Bonchev–Trinajstić information content (AvgIpc) is 2.78. The second-order valence-corrected chi connectivity index (χ2v) is 9.11. The first-order valence-electron chi connectivity index (χ1n) is 11.3. The van der Waals surface area contributed by atoms with Crippen molar-refractivity contribution in [2.75, 3.05) is 0 Å². The Balaban J connectivity index is 1.45. The highest BCUT2D eigenvalue weighted by Crippen LogP contribution is 2.19. The molecule has 0 saturated heterocycles. The van der Waals surface area contributed by atoms with Crippen molar-refractivity contribution in [1.29, 1.82) is 0 Å². The van der Waals surface area contributed by atoms with Gasteiger partial charge in [-0.05, 0) is 50.8 Å². The van der Waals surface area contributed by atoms with Gasteiger partial charge in [0.15, 0.2) is 0 Å². The topological polar surface area (TPSA) is 109 Å². The molecule has 1 aliphatic rings. The number of amides is 3. The van der Waals surface area contributed by atoms with E-state index < -0.39 is 11.6 Å². The summed E-state index contributed by atoms with van der Waals surface area (Å²) >= 11 is 0. The molecule has 1 aliphatic heterocycles. The maximum atomic E-state index is 12.5. The Hall–Kier alpha value is -3.81. The summed E-state index contributed by atoms with van der Waals surface area (Å²) in [6.07, 6.45) is 1.10. The average molecular weight is 465 g/mol. The Bertz CT molecular complexity index is 1080. The number of benzene rings is 2. The molecule has 2 aromatic rings. The van der Waals surface area contributed by atoms with Crippen LogP contribution >= 0.6 is 0 Å². The van der Waals surface area contributed by atoms with Crippen molar-refractivity contribution >= 4 is 17.9 Å². The van der Waals surface area contributed by atoms with Crippen LogP contribution in [0.3, 0.4) is 0 Å². The smallest absolute Gasteiger partial charge is 0.407 e. The van der Waals surface area contributed by atoms with Gasteiger partial charge in [-0.2, -0.15) is 0 Å². The molecule has 4 N–H and O–H groups in total. The summed E-state index contributed by atoms with van der Waals surface area (Å²) in [6.45, 7) is 7.80. The lowest BCUT2D eigenvalue weighted by Crippen LogP contribution is -2.47. The first-order chi connectivity index (χ1) is 16.1. The molecule has 3 rings (SSSR count). The number of hydrogen-bond donors (Lipinski definition) is 4. The lowest BCUT2D eigenvalue weighted by molar-refractivity contribution is -0.124. The molecule has 0 bridgehead atoms. The van der Waals surface area contributed by atoms with Crippen LogP contribution < -0.4 is 21.3 Å². The van der Waals surface area contributed by atoms with Crippen molar-refractivity contribution in [2.24, 2.45) is 0 Å². The summed E-state index contributed by atoms with van der Waals surface area (Å²) in [5, 5.41) is 11.4. The molecule has 0 radical (unpaired) electrons. The van der Waals surface area contributed by atoms with Crippen LogP contribution in [-0.4, -0.2) is 23.4 Å². The molecule has 2 aromatic carbocycles. The molecule has 0 aliphatic carbocycles. The van der Waals surface area contributed by atoms with Gasteiger partial charge in [0.2, 0.25) is 5.91 Å². The van der Waals surface area contributed by atoms with Crippen molar-refractivity contribution in [1.82, 2.24) is 21.3 Å². The van der Waals surface area contributed by atoms with E-state index in [4.69, 9.17) is 4.74 Å². The maximum absolute atomic E-state index is 12.5. The summed E-state index contributed by atoms with van der Waals surface area (Å²) in [5.41, 5.74) is 3.55. The fourth-order valence-corrected chi connectivity index (χ4v) is 3.63. The summed E-state index contributed by atoms with van der Waals surface area (Å²) in [5.74, 6) is -0.681. The third-order valence-corrected chi connectivity index (χ3v) is 5.56. The lowest BCUT2D eigenvalue weighted by atomic mass is 9.98. The molecule has 8 heteroatoms. The summed E-state index contributed by atoms with van der Waals surface area (Å²) in [6, 6.07) is 15.4. The minimum atomic E-state index is -0.666. The standard InChI is InChI=1S/C26H32N4O4/c1-17-10-11-20(18(2)14-17)23-27-15-21(24(32)29-23)28-22(31)12-13-26(3,4)30-25(33)34-16-19-8-6-5-7-9-19/h5-11,14-15,23,27H,12-13,16H2,1-4H3,(H,28,31)(H,29,32)(H,30,33). The fourth-order valence-electron chi connectivity index (χ4n) is 3.63. The molecule has 3 amide bonds. The molecule has 1 heterocycles. The van der Waals surface area contributed by atoms with Gasteiger partial charge in [-0.15, -0.1) is 0 Å². The number of nitrogens with one attached hydrogen (secondary N) is 4. The molecule has 0 fully saturated rings. The van der Waals surface area contributed by atoms with E-state index in [1.165, 1.54) is 6.20 Å². The SMILES string of the molecule is Cc1ccc(C2NC=C(NC(=O)CCC(C)(C)NC(=O)OCc3ccccc3)C(=O)N2)c(C)c1. The Kier molecular flexibility index (Phi) is 7.94. The van der Waals surface area contributed by atoms with E-state index in [0.717, 1.165) is 22.3 Å². The summed E-state index contributed by atoms with van der Waals surface area (Å²) in [4.78, 5) is 37.1. The number of aryl methyl sites for hydroxylation is 2. The Labute approximate surface area is 200 Å². The van der Waals surface area contributed by atoms with Crippen molar-refractivity contribution in [3.63, 3.8) is 0 Å². The Morgan fingerprint density at radius 3 is 2.50 bits per heavy atom. The zero-order chi connectivity index (χ0) is 24.7. The number of hydrogen-bond acceptors (Lipinski definition) is 5. The summed E-state index contributed by atoms with van der Waals surface area (Å²) in [7, 11) is 0. The van der Waals surface area contributed by atoms with Crippen LogP contribution in [0.4, 0.5) is 4.79 Å². The maximum Gasteiger partial charge on any atom is 0.407 e. The monoisotopic (exact) mass is 464 g/mol. The highest BCUT2D eigenvalue weighted by atomic mass is 16.5. The quantitative estimate of drug-likeness (QED) is 0.478. The molecular weight excluding hydrogens is 432 g/mol. The van der Waals surface area contributed by atoms with Gasteiger partial charge >= 0.3 is 6.09 Å². The predicted molar refractivity (Wildman–Crippen MR) is 129 cm³/mol. The van der Waals surface area contributed by atoms with Crippen molar-refractivity contribution in [3.05, 3.63) is 82.7 Å². The highest BCUT2D eigenvalue weighted by molar-refractivity contribution is 5.98. The minimum absolute atomic E-state index is 0.122. The second-order valence-electron chi connectivity index (χ2n) is 9.11. The van der Waals surface area contributed by atoms with E-state index in [2.05, 4.69) is 27.3 Å². The third-order valence-electron chi connectivity index (χ3n) is 5.56. The number of alkyl carbamates (subject to hydrolysis) is 1. The summed E-state index contributed by atoms with van der Waals surface area (Å²) < 4.78 is 5.25. The molecule has 1 unspecified atom stereocenters. The minimum Gasteiger partial charge on any atom is -0.445 e. The van der Waals surface area contributed by atoms with Gasteiger partial charge < -0.3 is 26.0 Å². The van der Waals surface area contributed by atoms with Gasteiger partial charge in [-0.3, -0.25) is 9.59 Å². The van der Waals surface area contributed by atoms with Gasteiger partial charge in [0.05, 0.1) is 0 Å².